The second-order valence-electron chi connectivity index (χ2n) is 9.13. The quantitative estimate of drug-likeness (QED) is 0.299. The van der Waals surface area contributed by atoms with Crippen LogP contribution in [0, 0.1) is 0 Å². The fourth-order valence-electron chi connectivity index (χ4n) is 3.54. The number of hydrogen-bond acceptors (Lipinski definition) is 7. The van der Waals surface area contributed by atoms with Gasteiger partial charge in [0, 0.05) is 6.54 Å². The Bertz CT molecular complexity index is 1050. The minimum absolute atomic E-state index is 0.0874. The molecule has 0 radical (unpaired) electrons. The lowest BCUT2D eigenvalue weighted by Crippen LogP contribution is -2.48. The predicted molar refractivity (Wildman–Crippen MR) is 129 cm³/mol. The van der Waals surface area contributed by atoms with Gasteiger partial charge in [-0.05, 0) is 45.0 Å². The molecule has 1 amide bonds. The normalized spacial score (nSPS) is 21.3. The van der Waals surface area contributed by atoms with E-state index in [1.54, 1.807) is 69.3 Å². The molecule has 1 heterocycles. The predicted octanol–water partition coefficient (Wildman–Crippen LogP) is 4.56. The first-order valence-corrected chi connectivity index (χ1v) is 11.5. The maximum absolute atomic E-state index is 15.8. The van der Waals surface area contributed by atoms with E-state index in [2.05, 4.69) is 6.58 Å². The smallest absolute Gasteiger partial charge is 0.412 e. The largest absolute Gasteiger partial charge is 0.459 e. The third-order valence-electron chi connectivity index (χ3n) is 5.17. The van der Waals surface area contributed by atoms with Crippen molar-refractivity contribution < 1.29 is 37.7 Å². The van der Waals surface area contributed by atoms with Gasteiger partial charge in [-0.1, -0.05) is 42.5 Å². The molecule has 2 aromatic rings. The number of nitrogens with zero attached hydrogens (tertiary/aromatic N) is 1. The van der Waals surface area contributed by atoms with E-state index < -0.39 is 54.8 Å². The summed E-state index contributed by atoms with van der Waals surface area (Å²) in [6.07, 6.45) is -5.49. The number of halogens is 1. The molecule has 3 rings (SSSR count). The Morgan fingerprint density at radius 3 is 2.08 bits per heavy atom. The zero-order valence-electron chi connectivity index (χ0n) is 20.5. The van der Waals surface area contributed by atoms with E-state index in [4.69, 9.17) is 18.9 Å². The molecule has 36 heavy (non-hydrogen) atoms. The summed E-state index contributed by atoms with van der Waals surface area (Å²) < 4.78 is 37.8. The minimum atomic E-state index is -1.95. The molecule has 2 aromatic carbocycles. The van der Waals surface area contributed by atoms with E-state index in [0.717, 1.165) is 4.90 Å². The SMILES string of the molecule is C=CCN(C(=O)OC(C)(C)C)C1OC(COC(=O)c2ccccc2)C(OC(=O)c2ccccc2)C1F. The third kappa shape index (κ3) is 6.91. The lowest BCUT2D eigenvalue weighted by molar-refractivity contribution is -0.0886. The van der Waals surface area contributed by atoms with Crippen LogP contribution < -0.4 is 0 Å². The van der Waals surface area contributed by atoms with Crippen LogP contribution in [0.1, 0.15) is 41.5 Å². The molecule has 4 unspecified atom stereocenters. The van der Waals surface area contributed by atoms with Crippen molar-refractivity contribution >= 4 is 18.0 Å². The molecule has 9 heteroatoms. The number of amides is 1. The molecule has 0 aromatic heterocycles. The topological polar surface area (TPSA) is 91.4 Å². The highest BCUT2D eigenvalue weighted by molar-refractivity contribution is 5.90. The summed E-state index contributed by atoms with van der Waals surface area (Å²) in [5.74, 6) is -1.43. The first-order valence-electron chi connectivity index (χ1n) is 11.5. The molecular weight excluding hydrogens is 469 g/mol. The number of carbonyl (C=O) groups is 3. The van der Waals surface area contributed by atoms with E-state index in [9.17, 15) is 14.4 Å². The number of alkyl halides is 1. The van der Waals surface area contributed by atoms with Crippen LogP contribution in [-0.2, 0) is 18.9 Å². The average Bonchev–Trinajstić information content (AvgIpc) is 3.15. The van der Waals surface area contributed by atoms with Crippen molar-refractivity contribution in [3.05, 3.63) is 84.4 Å². The molecule has 0 saturated carbocycles. The summed E-state index contributed by atoms with van der Waals surface area (Å²) in [6.45, 7) is 8.15. The van der Waals surface area contributed by atoms with Crippen molar-refractivity contribution in [3.63, 3.8) is 0 Å². The molecule has 8 nitrogen and oxygen atoms in total. The second-order valence-corrected chi connectivity index (χ2v) is 9.13. The standard InChI is InChI=1S/C27H30FNO7/c1-5-16-29(26(32)36-27(2,3)4)23-21(28)22(35-25(31)19-14-10-7-11-15-19)20(34-23)17-33-24(30)18-12-8-6-9-13-18/h5-15,20-23H,1,16-17H2,2-4H3. The van der Waals surface area contributed by atoms with E-state index in [1.165, 1.54) is 18.2 Å². The molecule has 1 aliphatic heterocycles. The molecule has 1 aliphatic rings. The number of ether oxygens (including phenoxy) is 4. The molecule has 4 atom stereocenters. The van der Waals surface area contributed by atoms with Gasteiger partial charge in [-0.15, -0.1) is 6.58 Å². The zero-order valence-corrected chi connectivity index (χ0v) is 20.5. The fourth-order valence-corrected chi connectivity index (χ4v) is 3.54. The maximum Gasteiger partial charge on any atom is 0.412 e. The van der Waals surface area contributed by atoms with Crippen LogP contribution in [0.3, 0.4) is 0 Å². The lowest BCUT2D eigenvalue weighted by Gasteiger charge is -2.31. The number of carbonyl (C=O) groups excluding carboxylic acids is 3. The van der Waals surface area contributed by atoms with Gasteiger partial charge in [0.1, 0.15) is 18.3 Å². The Kier molecular flexibility index (Phi) is 8.82. The molecule has 0 aliphatic carbocycles. The Balaban J connectivity index is 1.82. The number of rotatable bonds is 8. The van der Waals surface area contributed by atoms with Crippen molar-refractivity contribution in [1.29, 1.82) is 0 Å². The molecule has 0 bridgehead atoms. The zero-order chi connectivity index (χ0) is 26.3. The van der Waals surface area contributed by atoms with Gasteiger partial charge in [-0.3, -0.25) is 4.90 Å². The van der Waals surface area contributed by atoms with Gasteiger partial charge in [0.25, 0.3) is 0 Å². The van der Waals surface area contributed by atoms with E-state index in [0.29, 0.717) is 5.56 Å². The minimum Gasteiger partial charge on any atom is -0.459 e. The second kappa shape index (κ2) is 11.8. The average molecular weight is 500 g/mol. The number of hydrogen-bond donors (Lipinski definition) is 0. The van der Waals surface area contributed by atoms with Gasteiger partial charge in [0.15, 0.2) is 18.5 Å². The Morgan fingerprint density at radius 2 is 1.56 bits per heavy atom. The summed E-state index contributed by atoms with van der Waals surface area (Å²) in [7, 11) is 0. The van der Waals surface area contributed by atoms with Crippen molar-refractivity contribution in [2.45, 2.75) is 51.0 Å². The highest BCUT2D eigenvalue weighted by Crippen LogP contribution is 2.31. The highest BCUT2D eigenvalue weighted by atomic mass is 19.1. The van der Waals surface area contributed by atoms with Gasteiger partial charge in [0.2, 0.25) is 0 Å². The highest BCUT2D eigenvalue weighted by Gasteiger charge is 2.52. The molecule has 1 fully saturated rings. The van der Waals surface area contributed by atoms with Crippen molar-refractivity contribution in [2.24, 2.45) is 0 Å². The van der Waals surface area contributed by atoms with Crippen LogP contribution in [0.15, 0.2) is 73.3 Å². The van der Waals surface area contributed by atoms with E-state index in [-0.39, 0.29) is 12.1 Å². The van der Waals surface area contributed by atoms with Crippen LogP contribution in [-0.4, -0.2) is 66.3 Å². The number of benzene rings is 2. The van der Waals surface area contributed by atoms with Crippen LogP contribution in [0.4, 0.5) is 9.18 Å². The fraction of sp³-hybridized carbons (Fsp3) is 0.370. The Labute approximate surface area is 209 Å². The Hall–Kier alpha value is -3.72. The molecule has 0 spiro atoms. The summed E-state index contributed by atoms with van der Waals surface area (Å²) in [4.78, 5) is 39.0. The van der Waals surface area contributed by atoms with Crippen molar-refractivity contribution in [2.75, 3.05) is 13.2 Å². The number of esters is 2. The lowest BCUT2D eigenvalue weighted by atomic mass is 10.1. The Morgan fingerprint density at radius 1 is 1.00 bits per heavy atom. The summed E-state index contributed by atoms with van der Waals surface area (Å²) >= 11 is 0. The summed E-state index contributed by atoms with van der Waals surface area (Å²) in [5, 5.41) is 0. The summed E-state index contributed by atoms with van der Waals surface area (Å²) in [6, 6.07) is 16.3. The maximum atomic E-state index is 15.8. The van der Waals surface area contributed by atoms with Gasteiger partial charge >= 0.3 is 18.0 Å². The first-order chi connectivity index (χ1) is 17.1. The first kappa shape index (κ1) is 26.9. The van der Waals surface area contributed by atoms with Gasteiger partial charge < -0.3 is 18.9 Å². The molecule has 192 valence electrons. The molecular formula is C27H30FNO7. The van der Waals surface area contributed by atoms with Gasteiger partial charge in [-0.25, -0.2) is 18.8 Å². The van der Waals surface area contributed by atoms with Crippen LogP contribution in [0.5, 0.6) is 0 Å². The molecule has 0 N–H and O–H groups in total. The molecule has 1 saturated heterocycles. The van der Waals surface area contributed by atoms with Crippen LogP contribution >= 0.6 is 0 Å². The van der Waals surface area contributed by atoms with Gasteiger partial charge in [-0.2, -0.15) is 0 Å². The van der Waals surface area contributed by atoms with Gasteiger partial charge in [0.05, 0.1) is 11.1 Å². The van der Waals surface area contributed by atoms with Crippen LogP contribution in [0.25, 0.3) is 0 Å². The van der Waals surface area contributed by atoms with Crippen molar-refractivity contribution in [1.82, 2.24) is 4.90 Å². The van der Waals surface area contributed by atoms with E-state index in [1.807, 2.05) is 0 Å². The monoisotopic (exact) mass is 499 g/mol. The van der Waals surface area contributed by atoms with E-state index >= 15 is 4.39 Å². The van der Waals surface area contributed by atoms with Crippen LogP contribution in [0.2, 0.25) is 0 Å². The van der Waals surface area contributed by atoms with Crippen molar-refractivity contribution in [3.8, 4) is 0 Å². The summed E-state index contributed by atoms with van der Waals surface area (Å²) in [5.41, 5.74) is -0.336. The third-order valence-corrected chi connectivity index (χ3v) is 5.17.